The molecule has 0 radical (unpaired) electrons. The fourth-order valence-electron chi connectivity index (χ4n) is 2.02. The van der Waals surface area contributed by atoms with Gasteiger partial charge in [0.2, 0.25) is 0 Å². The maximum Gasteiger partial charge on any atom is 0.0763 e. The third-order valence-corrected chi connectivity index (χ3v) is 3.92. The first-order valence-corrected chi connectivity index (χ1v) is 7.44. The Morgan fingerprint density at radius 1 is 0.850 bits per heavy atom. The fraction of sp³-hybridized carbons (Fsp3) is 0. The average molecular weight is 372 g/mol. The van der Waals surface area contributed by atoms with Crippen molar-refractivity contribution in [2.45, 2.75) is 0 Å². The second kappa shape index (κ2) is 6.05. The van der Waals surface area contributed by atoms with Gasteiger partial charge >= 0.3 is 0 Å². The zero-order chi connectivity index (χ0) is 13.8. The third-order valence-electron chi connectivity index (χ3n) is 3.00. The number of hydrogen-bond donors (Lipinski definition) is 0. The monoisotopic (exact) mass is 372 g/mol. The molecule has 0 aliphatic heterocycles. The minimum absolute atomic E-state index is 0.994. The average Bonchev–Trinajstić information content (AvgIpc) is 2.96. The Bertz CT molecular complexity index is 730. The van der Waals surface area contributed by atoms with Crippen LogP contribution in [-0.2, 0) is 0 Å². The number of aliphatic imine (C=N–C) groups is 1. The van der Waals surface area contributed by atoms with Crippen molar-refractivity contribution in [1.82, 2.24) is 4.57 Å². The number of rotatable bonds is 3. The Balaban J connectivity index is 1.94. The zero-order valence-electron chi connectivity index (χ0n) is 10.8. The van der Waals surface area contributed by atoms with Gasteiger partial charge in [0.25, 0.3) is 0 Å². The highest BCUT2D eigenvalue weighted by atomic mass is 127. The number of para-hydroxylation sites is 2. The van der Waals surface area contributed by atoms with E-state index in [0.717, 1.165) is 20.6 Å². The molecule has 0 saturated carbocycles. The van der Waals surface area contributed by atoms with Crippen molar-refractivity contribution in [3.63, 3.8) is 0 Å². The van der Waals surface area contributed by atoms with Crippen molar-refractivity contribution in [1.29, 1.82) is 0 Å². The molecule has 1 heterocycles. The van der Waals surface area contributed by atoms with Gasteiger partial charge in [-0.2, -0.15) is 0 Å². The predicted octanol–water partition coefficient (Wildman–Crippen LogP) is 4.83. The summed E-state index contributed by atoms with van der Waals surface area (Å²) < 4.78 is 3.28. The highest BCUT2D eigenvalue weighted by molar-refractivity contribution is 14.1. The molecule has 0 bridgehead atoms. The Labute approximate surface area is 131 Å². The van der Waals surface area contributed by atoms with Crippen LogP contribution in [0.3, 0.4) is 0 Å². The minimum atomic E-state index is 0.994. The Kier molecular flexibility index (Phi) is 3.97. The number of aromatic nitrogens is 1. The van der Waals surface area contributed by atoms with E-state index < -0.39 is 0 Å². The van der Waals surface area contributed by atoms with Crippen LogP contribution in [0.15, 0.2) is 77.9 Å². The summed E-state index contributed by atoms with van der Waals surface area (Å²) in [6.45, 7) is 0. The van der Waals surface area contributed by atoms with Gasteiger partial charge in [-0.05, 0) is 59.0 Å². The Morgan fingerprint density at radius 3 is 2.40 bits per heavy atom. The summed E-state index contributed by atoms with van der Waals surface area (Å²) in [5.74, 6) is 0. The van der Waals surface area contributed by atoms with Gasteiger partial charge in [0.05, 0.1) is 17.6 Å². The molecule has 0 aliphatic carbocycles. The second-order valence-electron chi connectivity index (χ2n) is 4.35. The molecule has 3 heteroatoms. The molecule has 98 valence electrons. The smallest absolute Gasteiger partial charge is 0.0763 e. The number of benzene rings is 2. The molecule has 0 N–H and O–H groups in total. The predicted molar refractivity (Wildman–Crippen MR) is 92.2 cm³/mol. The van der Waals surface area contributed by atoms with Crippen molar-refractivity contribution in [2.75, 3.05) is 0 Å². The number of nitrogens with zero attached hydrogens (tertiary/aromatic N) is 2. The first kappa shape index (κ1) is 13.1. The molecular weight excluding hydrogens is 359 g/mol. The van der Waals surface area contributed by atoms with Crippen molar-refractivity contribution in [3.05, 3.63) is 82.2 Å². The lowest BCUT2D eigenvalue weighted by Gasteiger charge is -2.05. The quantitative estimate of drug-likeness (QED) is 0.463. The van der Waals surface area contributed by atoms with Crippen LogP contribution in [0.5, 0.6) is 0 Å². The Morgan fingerprint density at radius 2 is 1.60 bits per heavy atom. The molecule has 20 heavy (non-hydrogen) atoms. The summed E-state index contributed by atoms with van der Waals surface area (Å²) in [6.07, 6.45) is 3.96. The molecule has 2 nitrogen and oxygen atoms in total. The van der Waals surface area contributed by atoms with Gasteiger partial charge in [-0.3, -0.25) is 4.99 Å². The van der Waals surface area contributed by atoms with E-state index in [1.54, 1.807) is 0 Å². The first-order valence-electron chi connectivity index (χ1n) is 6.36. The molecular formula is C17H13IN2. The maximum atomic E-state index is 4.58. The third kappa shape index (κ3) is 2.82. The summed E-state index contributed by atoms with van der Waals surface area (Å²) >= 11 is 2.30. The highest BCUT2D eigenvalue weighted by Gasteiger charge is 2.00. The van der Waals surface area contributed by atoms with Gasteiger partial charge < -0.3 is 4.57 Å². The molecule has 0 fully saturated rings. The molecule has 3 aromatic rings. The molecule has 0 atom stereocenters. The van der Waals surface area contributed by atoms with E-state index in [4.69, 9.17) is 0 Å². The van der Waals surface area contributed by atoms with Crippen LogP contribution >= 0.6 is 22.6 Å². The normalized spacial score (nSPS) is 11.1. The van der Waals surface area contributed by atoms with E-state index in [0.29, 0.717) is 0 Å². The largest absolute Gasteiger partial charge is 0.316 e. The van der Waals surface area contributed by atoms with E-state index in [1.807, 2.05) is 54.9 Å². The van der Waals surface area contributed by atoms with E-state index in [1.165, 1.54) is 0 Å². The zero-order valence-corrected chi connectivity index (χ0v) is 12.9. The summed E-state index contributed by atoms with van der Waals surface area (Å²) in [7, 11) is 0. The number of halogens is 1. The lowest BCUT2D eigenvalue weighted by molar-refractivity contribution is 1.07. The first-order chi connectivity index (χ1) is 9.84. The molecule has 0 aliphatic rings. The topological polar surface area (TPSA) is 17.3 Å². The van der Waals surface area contributed by atoms with E-state index in [9.17, 15) is 0 Å². The molecule has 0 spiro atoms. The Hall–Kier alpha value is -1.88. The summed E-state index contributed by atoms with van der Waals surface area (Å²) in [5, 5.41) is 0. The van der Waals surface area contributed by atoms with E-state index >= 15 is 0 Å². The molecule has 2 aromatic carbocycles. The molecule has 0 unspecified atom stereocenters. The van der Waals surface area contributed by atoms with Crippen LogP contribution in [-0.4, -0.2) is 10.8 Å². The van der Waals surface area contributed by atoms with Gasteiger partial charge in [-0.15, -0.1) is 0 Å². The van der Waals surface area contributed by atoms with E-state index in [-0.39, 0.29) is 0 Å². The maximum absolute atomic E-state index is 4.58. The van der Waals surface area contributed by atoms with Crippen molar-refractivity contribution in [3.8, 4) is 5.69 Å². The highest BCUT2D eigenvalue weighted by Crippen LogP contribution is 2.20. The standard InChI is InChI=1S/C17H13IN2/c18-16-10-4-5-11-17(16)19-13-15-9-6-12-20(15)14-7-2-1-3-8-14/h1-13H. The lowest BCUT2D eigenvalue weighted by atomic mass is 10.3. The SMILES string of the molecule is Ic1ccccc1N=Cc1cccn1-c1ccccc1. The van der Waals surface area contributed by atoms with Crippen LogP contribution in [0, 0.1) is 3.57 Å². The fourth-order valence-corrected chi connectivity index (χ4v) is 2.54. The van der Waals surface area contributed by atoms with E-state index in [2.05, 4.69) is 56.4 Å². The van der Waals surface area contributed by atoms with Crippen LogP contribution in [0.1, 0.15) is 5.69 Å². The molecule has 0 saturated heterocycles. The van der Waals surface area contributed by atoms with Gasteiger partial charge in [-0.1, -0.05) is 30.3 Å². The van der Waals surface area contributed by atoms with Crippen LogP contribution in [0.4, 0.5) is 5.69 Å². The summed E-state index contributed by atoms with van der Waals surface area (Å²) in [4.78, 5) is 4.58. The van der Waals surface area contributed by atoms with Gasteiger partial charge in [0, 0.05) is 15.5 Å². The van der Waals surface area contributed by atoms with Crippen LogP contribution in [0.25, 0.3) is 5.69 Å². The lowest BCUT2D eigenvalue weighted by Crippen LogP contribution is -1.97. The van der Waals surface area contributed by atoms with Crippen LogP contribution in [0.2, 0.25) is 0 Å². The molecule has 0 amide bonds. The van der Waals surface area contributed by atoms with Gasteiger partial charge in [0.15, 0.2) is 0 Å². The van der Waals surface area contributed by atoms with Crippen molar-refractivity contribution < 1.29 is 0 Å². The van der Waals surface area contributed by atoms with Crippen molar-refractivity contribution >= 4 is 34.5 Å². The summed E-state index contributed by atoms with van der Waals surface area (Å²) in [6, 6.07) is 22.5. The van der Waals surface area contributed by atoms with Gasteiger partial charge in [0.1, 0.15) is 0 Å². The summed E-state index contributed by atoms with van der Waals surface area (Å²) in [5.41, 5.74) is 3.20. The second-order valence-corrected chi connectivity index (χ2v) is 5.51. The minimum Gasteiger partial charge on any atom is -0.316 e. The van der Waals surface area contributed by atoms with Crippen molar-refractivity contribution in [2.24, 2.45) is 4.99 Å². The molecule has 3 rings (SSSR count). The van der Waals surface area contributed by atoms with Gasteiger partial charge in [-0.25, -0.2) is 0 Å². The van der Waals surface area contributed by atoms with Crippen LogP contribution < -0.4 is 0 Å². The molecule has 1 aromatic heterocycles. The number of hydrogen-bond acceptors (Lipinski definition) is 1.